The average molecular weight is 304 g/mol. The first-order valence-corrected chi connectivity index (χ1v) is 7.60. The molecular formula is C15H17FN4O2. The highest BCUT2D eigenvalue weighted by atomic mass is 19.1. The van der Waals surface area contributed by atoms with Crippen molar-refractivity contribution in [3.05, 3.63) is 23.1 Å². The van der Waals surface area contributed by atoms with Crippen LogP contribution >= 0.6 is 0 Å². The number of imide groups is 1. The van der Waals surface area contributed by atoms with Crippen LogP contribution in [-0.2, 0) is 4.79 Å². The van der Waals surface area contributed by atoms with Gasteiger partial charge in [-0.15, -0.1) is 0 Å². The van der Waals surface area contributed by atoms with Crippen molar-refractivity contribution >= 4 is 17.6 Å². The number of carbonyl (C=O) groups is 2. The van der Waals surface area contributed by atoms with Gasteiger partial charge in [0, 0.05) is 19.1 Å². The van der Waals surface area contributed by atoms with Gasteiger partial charge in [0.15, 0.2) is 11.6 Å². The normalized spacial score (nSPS) is 27.8. The largest absolute Gasteiger partial charge is 0.353 e. The van der Waals surface area contributed by atoms with Gasteiger partial charge in [0.2, 0.25) is 5.91 Å². The number of aromatic nitrogens is 1. The van der Waals surface area contributed by atoms with Gasteiger partial charge in [-0.25, -0.2) is 9.37 Å². The zero-order valence-electron chi connectivity index (χ0n) is 12.0. The summed E-state index contributed by atoms with van der Waals surface area (Å²) in [4.78, 5) is 30.2. The van der Waals surface area contributed by atoms with Crippen molar-refractivity contribution in [2.45, 2.75) is 31.2 Å². The summed E-state index contributed by atoms with van der Waals surface area (Å²) in [5, 5.41) is 2.31. The maximum atomic E-state index is 14.4. The Labute approximate surface area is 126 Å². The topological polar surface area (TPSA) is 88.3 Å². The number of anilines is 1. The highest BCUT2D eigenvalue weighted by molar-refractivity contribution is 6.11. The van der Waals surface area contributed by atoms with E-state index in [-0.39, 0.29) is 29.2 Å². The van der Waals surface area contributed by atoms with Crippen LogP contribution in [0.15, 0.2) is 6.07 Å². The van der Waals surface area contributed by atoms with Crippen LogP contribution in [0.5, 0.6) is 0 Å². The highest BCUT2D eigenvalue weighted by Crippen LogP contribution is 2.45. The van der Waals surface area contributed by atoms with Gasteiger partial charge in [-0.1, -0.05) is 0 Å². The molecule has 1 aromatic heterocycles. The zero-order chi connectivity index (χ0) is 15.4. The minimum absolute atomic E-state index is 0.00129. The zero-order valence-corrected chi connectivity index (χ0v) is 12.0. The Bertz CT molecular complexity index is 674. The molecule has 0 radical (unpaired) electrons. The number of pyridine rings is 1. The van der Waals surface area contributed by atoms with Crippen molar-refractivity contribution in [1.29, 1.82) is 0 Å². The van der Waals surface area contributed by atoms with E-state index in [0.717, 1.165) is 19.3 Å². The number of amides is 2. The van der Waals surface area contributed by atoms with Crippen molar-refractivity contribution < 1.29 is 14.0 Å². The quantitative estimate of drug-likeness (QED) is 0.778. The minimum Gasteiger partial charge on any atom is -0.353 e. The van der Waals surface area contributed by atoms with Crippen molar-refractivity contribution in [2.24, 2.45) is 11.7 Å². The van der Waals surface area contributed by atoms with Gasteiger partial charge in [-0.2, -0.15) is 0 Å². The molecule has 3 N–H and O–H groups in total. The fourth-order valence-corrected chi connectivity index (χ4v) is 3.36. The van der Waals surface area contributed by atoms with Gasteiger partial charge in [0.25, 0.3) is 5.91 Å². The monoisotopic (exact) mass is 304 g/mol. The molecule has 7 heteroatoms. The lowest BCUT2D eigenvalue weighted by Crippen LogP contribution is -2.42. The van der Waals surface area contributed by atoms with Gasteiger partial charge in [0.1, 0.15) is 0 Å². The number of rotatable bonds is 2. The van der Waals surface area contributed by atoms with Crippen LogP contribution in [0.25, 0.3) is 0 Å². The van der Waals surface area contributed by atoms with Crippen molar-refractivity contribution in [1.82, 2.24) is 10.3 Å². The van der Waals surface area contributed by atoms with Gasteiger partial charge < -0.3 is 10.6 Å². The third kappa shape index (κ3) is 2.08. The summed E-state index contributed by atoms with van der Waals surface area (Å²) in [7, 11) is 0. The summed E-state index contributed by atoms with van der Waals surface area (Å²) >= 11 is 0. The Hall–Kier alpha value is -2.02. The number of nitrogens with one attached hydrogen (secondary N) is 1. The molecule has 2 unspecified atom stereocenters. The van der Waals surface area contributed by atoms with Crippen molar-refractivity contribution in [2.75, 3.05) is 18.0 Å². The predicted molar refractivity (Wildman–Crippen MR) is 76.9 cm³/mol. The average Bonchev–Trinajstić information content (AvgIpc) is 3.20. The van der Waals surface area contributed by atoms with Crippen molar-refractivity contribution in [3.63, 3.8) is 0 Å². The number of fused-ring (bicyclic) bond motifs is 1. The first-order valence-electron chi connectivity index (χ1n) is 7.60. The first-order chi connectivity index (χ1) is 10.5. The third-order valence-electron chi connectivity index (χ3n) is 4.66. The molecule has 2 aliphatic heterocycles. The second kappa shape index (κ2) is 4.74. The number of nitrogens with zero attached hydrogens (tertiary/aromatic N) is 2. The van der Waals surface area contributed by atoms with E-state index >= 15 is 0 Å². The van der Waals surface area contributed by atoms with Crippen LogP contribution in [0.4, 0.5) is 10.2 Å². The molecule has 22 heavy (non-hydrogen) atoms. The van der Waals surface area contributed by atoms with Crippen LogP contribution in [0, 0.1) is 11.7 Å². The third-order valence-corrected chi connectivity index (χ3v) is 4.66. The Balaban J connectivity index is 1.80. The molecular weight excluding hydrogens is 287 g/mol. The van der Waals surface area contributed by atoms with Crippen molar-refractivity contribution in [3.8, 4) is 0 Å². The Morgan fingerprint density at radius 3 is 2.73 bits per heavy atom. The first kappa shape index (κ1) is 13.6. The molecule has 2 atom stereocenters. The summed E-state index contributed by atoms with van der Waals surface area (Å²) < 4.78 is 14.4. The molecule has 0 aromatic carbocycles. The molecule has 3 aliphatic rings. The van der Waals surface area contributed by atoms with Gasteiger partial charge in [-0.05, 0) is 31.2 Å². The lowest BCUT2D eigenvalue weighted by atomic mass is 9.90. The molecule has 2 fully saturated rings. The molecule has 1 saturated carbocycles. The molecule has 1 saturated heterocycles. The van der Waals surface area contributed by atoms with Crippen LogP contribution in [0.2, 0.25) is 0 Å². The number of hydrogen-bond acceptors (Lipinski definition) is 5. The predicted octanol–water partition coefficient (Wildman–Crippen LogP) is 0.522. The van der Waals surface area contributed by atoms with E-state index in [0.29, 0.717) is 18.8 Å². The molecule has 4 rings (SSSR count). The Morgan fingerprint density at radius 1 is 1.32 bits per heavy atom. The number of carbonyl (C=O) groups excluding carboxylic acids is 2. The summed E-state index contributed by atoms with van der Waals surface area (Å²) in [6.45, 7) is 1.18. The van der Waals surface area contributed by atoms with E-state index in [1.54, 1.807) is 4.90 Å². The van der Waals surface area contributed by atoms with Crippen LogP contribution in [0.1, 0.15) is 41.2 Å². The summed E-state index contributed by atoms with van der Waals surface area (Å²) in [6.07, 6.45) is 2.66. The number of nitrogens with two attached hydrogens (primary N) is 1. The summed E-state index contributed by atoms with van der Waals surface area (Å²) in [6, 6.07) is 1.21. The van der Waals surface area contributed by atoms with E-state index in [4.69, 9.17) is 5.73 Å². The van der Waals surface area contributed by atoms with Crippen LogP contribution in [0.3, 0.4) is 0 Å². The summed E-state index contributed by atoms with van der Waals surface area (Å²) in [5.41, 5.74) is 6.48. The summed E-state index contributed by atoms with van der Waals surface area (Å²) in [5.74, 6) is -1.44. The van der Waals surface area contributed by atoms with E-state index in [9.17, 15) is 14.0 Å². The minimum atomic E-state index is -0.562. The molecule has 116 valence electrons. The molecule has 0 spiro atoms. The van der Waals surface area contributed by atoms with E-state index in [2.05, 4.69) is 10.3 Å². The lowest BCUT2D eigenvalue weighted by Gasteiger charge is -2.26. The fourth-order valence-electron chi connectivity index (χ4n) is 3.36. The van der Waals surface area contributed by atoms with E-state index < -0.39 is 17.6 Å². The Kier molecular flexibility index (Phi) is 2.94. The number of hydrogen-bond donors (Lipinski definition) is 2. The maximum Gasteiger partial charge on any atom is 0.259 e. The maximum absolute atomic E-state index is 14.4. The SMILES string of the molecule is NC1CCN(c2nc3c(cc2F)C(=O)NC(=O)C3C2CC2)C1. The van der Waals surface area contributed by atoms with E-state index in [1.807, 2.05) is 0 Å². The standard InChI is InChI=1S/C15H17FN4O2/c16-10-5-9-12(18-13(10)20-4-3-8(17)6-20)11(7-1-2-7)15(22)19-14(9)21/h5,7-8,11H,1-4,6,17H2,(H,19,21,22). The Morgan fingerprint density at radius 2 is 2.09 bits per heavy atom. The molecule has 3 heterocycles. The molecule has 1 aromatic rings. The second-order valence-electron chi connectivity index (χ2n) is 6.35. The van der Waals surface area contributed by atoms with E-state index in [1.165, 1.54) is 6.07 Å². The van der Waals surface area contributed by atoms with Gasteiger partial charge in [0.05, 0.1) is 17.2 Å². The fraction of sp³-hybridized carbons (Fsp3) is 0.533. The molecule has 6 nitrogen and oxygen atoms in total. The smallest absolute Gasteiger partial charge is 0.259 e. The molecule has 2 amide bonds. The second-order valence-corrected chi connectivity index (χ2v) is 6.35. The molecule has 1 aliphatic carbocycles. The lowest BCUT2D eigenvalue weighted by molar-refractivity contribution is -0.122. The van der Waals surface area contributed by atoms with Crippen LogP contribution < -0.4 is 16.0 Å². The van der Waals surface area contributed by atoms with Gasteiger partial charge >= 0.3 is 0 Å². The van der Waals surface area contributed by atoms with Crippen LogP contribution in [-0.4, -0.2) is 35.9 Å². The van der Waals surface area contributed by atoms with Gasteiger partial charge in [-0.3, -0.25) is 14.9 Å². The number of halogens is 1. The highest BCUT2D eigenvalue weighted by Gasteiger charge is 2.44. The molecule has 0 bridgehead atoms.